The first-order valence-corrected chi connectivity index (χ1v) is 5.76. The van der Waals surface area contributed by atoms with Gasteiger partial charge in [0.2, 0.25) is 0 Å². The minimum atomic E-state index is -0.861. The topological polar surface area (TPSA) is 75.6 Å². The highest BCUT2D eigenvalue weighted by atomic mass is 16.6. The Morgan fingerprint density at radius 1 is 1.24 bits per heavy atom. The van der Waals surface area contributed by atoms with E-state index in [-0.39, 0.29) is 6.42 Å². The number of carboxylic acids is 1. The number of carboxylic acid groups (broad SMARTS) is 1. The summed E-state index contributed by atoms with van der Waals surface area (Å²) in [5, 5.41) is 11.4. The SMILES string of the molecule is CC[C@](C)(CNC(=O)OC(C)(C)C)CC(=O)O. The second-order valence-electron chi connectivity index (χ2n) is 5.59. The highest BCUT2D eigenvalue weighted by molar-refractivity contribution is 5.69. The number of carbonyl (C=O) groups excluding carboxylic acids is 1. The summed E-state index contributed by atoms with van der Waals surface area (Å²) in [6.45, 7) is 9.37. The summed E-state index contributed by atoms with van der Waals surface area (Å²) in [7, 11) is 0. The Morgan fingerprint density at radius 3 is 2.12 bits per heavy atom. The smallest absolute Gasteiger partial charge is 0.407 e. The molecule has 0 aromatic carbocycles. The van der Waals surface area contributed by atoms with E-state index in [1.54, 1.807) is 20.8 Å². The van der Waals surface area contributed by atoms with Crippen LogP contribution in [0.4, 0.5) is 4.79 Å². The van der Waals surface area contributed by atoms with Crippen molar-refractivity contribution in [3.63, 3.8) is 0 Å². The van der Waals surface area contributed by atoms with E-state index in [2.05, 4.69) is 5.32 Å². The lowest BCUT2D eigenvalue weighted by Crippen LogP contribution is -2.39. The van der Waals surface area contributed by atoms with Crippen molar-refractivity contribution < 1.29 is 19.4 Å². The Kier molecular flexibility index (Phi) is 5.45. The molecule has 0 saturated carbocycles. The van der Waals surface area contributed by atoms with Crippen LogP contribution in [0.25, 0.3) is 0 Å². The van der Waals surface area contributed by atoms with E-state index in [1.165, 1.54) is 0 Å². The van der Waals surface area contributed by atoms with Gasteiger partial charge in [-0.3, -0.25) is 4.79 Å². The summed E-state index contributed by atoms with van der Waals surface area (Å²) in [4.78, 5) is 22.1. The van der Waals surface area contributed by atoms with Crippen molar-refractivity contribution in [2.45, 2.75) is 53.1 Å². The molecular formula is C12H23NO4. The predicted octanol–water partition coefficient (Wildman–Crippen LogP) is 2.40. The lowest BCUT2D eigenvalue weighted by Gasteiger charge is -2.27. The average molecular weight is 245 g/mol. The van der Waals surface area contributed by atoms with Gasteiger partial charge in [-0.2, -0.15) is 0 Å². The minimum absolute atomic E-state index is 0.0271. The molecule has 100 valence electrons. The van der Waals surface area contributed by atoms with Crippen molar-refractivity contribution in [3.05, 3.63) is 0 Å². The van der Waals surface area contributed by atoms with Gasteiger partial charge in [0.15, 0.2) is 0 Å². The Hall–Kier alpha value is -1.26. The fourth-order valence-electron chi connectivity index (χ4n) is 1.28. The van der Waals surface area contributed by atoms with Crippen LogP contribution in [0.15, 0.2) is 0 Å². The minimum Gasteiger partial charge on any atom is -0.481 e. The Balaban J connectivity index is 4.24. The van der Waals surface area contributed by atoms with Gasteiger partial charge in [-0.25, -0.2) is 4.79 Å². The molecule has 0 rings (SSSR count). The molecule has 0 bridgehead atoms. The lowest BCUT2D eigenvalue weighted by molar-refractivity contribution is -0.139. The number of hydrogen-bond acceptors (Lipinski definition) is 3. The normalized spacial score (nSPS) is 14.9. The van der Waals surface area contributed by atoms with Gasteiger partial charge in [0.05, 0.1) is 6.42 Å². The van der Waals surface area contributed by atoms with Crippen molar-refractivity contribution in [1.29, 1.82) is 0 Å². The molecule has 0 saturated heterocycles. The fourth-order valence-corrected chi connectivity index (χ4v) is 1.28. The van der Waals surface area contributed by atoms with Crippen molar-refractivity contribution in [1.82, 2.24) is 5.32 Å². The largest absolute Gasteiger partial charge is 0.481 e. The van der Waals surface area contributed by atoms with Gasteiger partial charge < -0.3 is 15.2 Å². The first-order valence-electron chi connectivity index (χ1n) is 5.76. The van der Waals surface area contributed by atoms with E-state index in [0.717, 1.165) is 0 Å². The van der Waals surface area contributed by atoms with Crippen molar-refractivity contribution in [2.24, 2.45) is 5.41 Å². The van der Waals surface area contributed by atoms with E-state index < -0.39 is 23.1 Å². The predicted molar refractivity (Wildman–Crippen MR) is 64.9 cm³/mol. The maximum atomic E-state index is 11.4. The fraction of sp³-hybridized carbons (Fsp3) is 0.833. The van der Waals surface area contributed by atoms with E-state index in [9.17, 15) is 9.59 Å². The van der Waals surface area contributed by atoms with Crippen LogP contribution in [0.3, 0.4) is 0 Å². The van der Waals surface area contributed by atoms with Crippen LogP contribution in [0.5, 0.6) is 0 Å². The molecule has 0 heterocycles. The second kappa shape index (κ2) is 5.89. The number of hydrogen-bond donors (Lipinski definition) is 2. The molecule has 0 fully saturated rings. The van der Waals surface area contributed by atoms with Crippen LogP contribution in [-0.4, -0.2) is 29.3 Å². The van der Waals surface area contributed by atoms with Gasteiger partial charge >= 0.3 is 12.1 Å². The van der Waals surface area contributed by atoms with Crippen molar-refractivity contribution in [3.8, 4) is 0 Å². The van der Waals surface area contributed by atoms with Gasteiger partial charge in [0.25, 0.3) is 0 Å². The maximum Gasteiger partial charge on any atom is 0.407 e. The van der Waals surface area contributed by atoms with Crippen LogP contribution in [0.2, 0.25) is 0 Å². The van der Waals surface area contributed by atoms with Crippen LogP contribution in [0, 0.1) is 5.41 Å². The number of nitrogens with one attached hydrogen (secondary N) is 1. The molecule has 5 nitrogen and oxygen atoms in total. The van der Waals surface area contributed by atoms with Gasteiger partial charge in [0, 0.05) is 6.54 Å². The molecule has 0 aliphatic heterocycles. The number of rotatable bonds is 5. The molecule has 0 spiro atoms. The molecule has 2 N–H and O–H groups in total. The summed E-state index contributed by atoms with van der Waals surface area (Å²) in [5.41, 5.74) is -0.984. The molecule has 0 unspecified atom stereocenters. The molecule has 0 aromatic heterocycles. The summed E-state index contributed by atoms with van der Waals surface area (Å²) >= 11 is 0. The Labute approximate surface area is 103 Å². The molecular weight excluding hydrogens is 222 g/mol. The second-order valence-corrected chi connectivity index (χ2v) is 5.59. The molecule has 0 aromatic rings. The molecule has 17 heavy (non-hydrogen) atoms. The Bertz CT molecular complexity index is 283. The standard InChI is InChI=1S/C12H23NO4/c1-6-12(5,7-9(14)15)8-13-10(16)17-11(2,3)4/h6-8H2,1-5H3,(H,13,16)(H,14,15)/t12-/m0/s1. The number of ether oxygens (including phenoxy) is 1. The zero-order chi connectivity index (χ0) is 13.7. The molecule has 0 aliphatic rings. The summed E-state index contributed by atoms with van der Waals surface area (Å²) in [6, 6.07) is 0. The molecule has 1 amide bonds. The summed E-state index contributed by atoms with van der Waals surface area (Å²) in [6.07, 6.45) is 0.191. The average Bonchev–Trinajstić information content (AvgIpc) is 2.11. The van der Waals surface area contributed by atoms with Crippen LogP contribution in [0.1, 0.15) is 47.5 Å². The van der Waals surface area contributed by atoms with Gasteiger partial charge in [-0.05, 0) is 32.6 Å². The zero-order valence-electron chi connectivity index (χ0n) is 11.3. The molecule has 5 heteroatoms. The quantitative estimate of drug-likeness (QED) is 0.779. The lowest BCUT2D eigenvalue weighted by atomic mass is 9.84. The van der Waals surface area contributed by atoms with E-state index >= 15 is 0 Å². The molecule has 0 radical (unpaired) electrons. The zero-order valence-corrected chi connectivity index (χ0v) is 11.3. The number of carbonyl (C=O) groups is 2. The third kappa shape index (κ3) is 7.60. The van der Waals surface area contributed by atoms with Crippen LogP contribution < -0.4 is 5.32 Å². The highest BCUT2D eigenvalue weighted by Crippen LogP contribution is 2.24. The molecule has 1 atom stereocenters. The summed E-state index contributed by atoms with van der Waals surface area (Å²) in [5.74, 6) is -0.861. The van der Waals surface area contributed by atoms with Gasteiger partial charge in [-0.15, -0.1) is 0 Å². The van der Waals surface area contributed by atoms with E-state index in [0.29, 0.717) is 13.0 Å². The maximum absolute atomic E-state index is 11.4. The number of amides is 1. The monoisotopic (exact) mass is 245 g/mol. The van der Waals surface area contributed by atoms with Gasteiger partial charge in [-0.1, -0.05) is 13.8 Å². The first kappa shape index (κ1) is 15.7. The van der Waals surface area contributed by atoms with Gasteiger partial charge in [0.1, 0.15) is 5.60 Å². The third-order valence-corrected chi connectivity index (χ3v) is 2.49. The van der Waals surface area contributed by atoms with Crippen molar-refractivity contribution >= 4 is 12.1 Å². The number of aliphatic carboxylic acids is 1. The highest BCUT2D eigenvalue weighted by Gasteiger charge is 2.27. The van der Waals surface area contributed by atoms with E-state index in [4.69, 9.17) is 9.84 Å². The third-order valence-electron chi connectivity index (χ3n) is 2.49. The van der Waals surface area contributed by atoms with E-state index in [1.807, 2.05) is 13.8 Å². The van der Waals surface area contributed by atoms with Crippen LogP contribution >= 0.6 is 0 Å². The first-order chi connectivity index (χ1) is 7.58. The summed E-state index contributed by atoms with van der Waals surface area (Å²) < 4.78 is 5.09. The molecule has 0 aliphatic carbocycles. The number of alkyl carbamates (subject to hydrolysis) is 1. The van der Waals surface area contributed by atoms with Crippen molar-refractivity contribution in [2.75, 3.05) is 6.54 Å². The Morgan fingerprint density at radius 2 is 1.76 bits per heavy atom. The van der Waals surface area contributed by atoms with Crippen LogP contribution in [-0.2, 0) is 9.53 Å².